The molecule has 0 spiro atoms. The molecule has 265 valence electrons. The van der Waals surface area contributed by atoms with Gasteiger partial charge in [0.2, 0.25) is 0 Å². The zero-order valence-electron chi connectivity index (χ0n) is 27.8. The first-order valence-electron chi connectivity index (χ1n) is 15.9. The number of imidazole rings is 2. The van der Waals surface area contributed by atoms with E-state index in [0.717, 1.165) is 22.1 Å². The van der Waals surface area contributed by atoms with Crippen molar-refractivity contribution in [3.63, 3.8) is 0 Å². The van der Waals surface area contributed by atoms with Crippen LogP contribution >= 0.6 is 0 Å². The second-order valence-corrected chi connectivity index (χ2v) is 10.9. The Balaban J connectivity index is 0.000000163. The summed E-state index contributed by atoms with van der Waals surface area (Å²) in [6, 6.07) is 45.1. The molecule has 53 heavy (non-hydrogen) atoms. The number of hydrogen-bond donors (Lipinski definition) is 2. The van der Waals surface area contributed by atoms with Crippen molar-refractivity contribution in [2.45, 2.75) is 0 Å². The molecule has 0 amide bonds. The fraction of sp³-hybridized carbons (Fsp3) is 0. The molecule has 8 rings (SSSR count). The van der Waals surface area contributed by atoms with Gasteiger partial charge in [0.1, 0.15) is 0 Å². The van der Waals surface area contributed by atoms with Gasteiger partial charge >= 0.3 is 17.1 Å². The molecule has 0 atom stereocenters. The van der Waals surface area contributed by atoms with E-state index >= 15 is 0 Å². The van der Waals surface area contributed by atoms with E-state index in [9.17, 15) is 29.4 Å². The molecule has 0 bridgehead atoms. The Kier molecular flexibility index (Phi) is 14.3. The average molecular weight is 750 g/mol. The predicted molar refractivity (Wildman–Crippen MR) is 193 cm³/mol. The number of carbonyl (C=O) groups is 4. The number of H-pyrrole nitrogens is 2. The Morgan fingerprint density at radius 3 is 1.04 bits per heavy atom. The number of nitrogens with zero attached hydrogens (tertiary/aromatic N) is 2. The van der Waals surface area contributed by atoms with Crippen LogP contribution in [0.5, 0.6) is 0 Å². The van der Waals surface area contributed by atoms with E-state index in [1.54, 1.807) is 97.6 Å². The molecule has 0 saturated carbocycles. The van der Waals surface area contributed by atoms with Crippen LogP contribution in [0.25, 0.3) is 22.1 Å². The summed E-state index contributed by atoms with van der Waals surface area (Å²) in [7, 11) is 0. The molecule has 0 aliphatic heterocycles. The molecule has 10 nitrogen and oxygen atoms in total. The fourth-order valence-corrected chi connectivity index (χ4v) is 4.97. The number of hydrogen-bond acceptors (Lipinski definition) is 8. The standard InChI is InChI=1S/2C14H10O3.2C7H6N2.Cu/c2*15-13(10-6-2-1-3-7-10)11-8-4-5-9-12(11)14(16)17;2*1-2-4-7-6(3-1)8-5-9-7;/h2*1-9H,(H,16,17);2*1-5H,(H,8,9);/q;;;;+2/p-2. The molecule has 11 heteroatoms. The van der Waals surface area contributed by atoms with Crippen LogP contribution in [-0.2, 0) is 17.1 Å². The zero-order chi connectivity index (χ0) is 36.7. The van der Waals surface area contributed by atoms with E-state index in [1.165, 1.54) is 24.3 Å². The van der Waals surface area contributed by atoms with Gasteiger partial charge in [0.25, 0.3) is 0 Å². The van der Waals surface area contributed by atoms with Crippen LogP contribution in [0.2, 0.25) is 0 Å². The van der Waals surface area contributed by atoms with Crippen LogP contribution in [0.4, 0.5) is 0 Å². The minimum absolute atomic E-state index is 0. The number of benzene rings is 6. The molecule has 6 aromatic carbocycles. The summed E-state index contributed by atoms with van der Waals surface area (Å²) in [4.78, 5) is 60.1. The molecule has 0 unspecified atom stereocenters. The van der Waals surface area contributed by atoms with Gasteiger partial charge in [-0.1, -0.05) is 133 Å². The molecule has 2 N–H and O–H groups in total. The average Bonchev–Trinajstić information content (AvgIpc) is 3.89. The minimum atomic E-state index is -1.34. The van der Waals surface area contributed by atoms with E-state index in [1.807, 2.05) is 48.5 Å². The van der Waals surface area contributed by atoms with Crippen molar-refractivity contribution in [3.05, 3.63) is 204 Å². The molecule has 8 aromatic rings. The summed E-state index contributed by atoms with van der Waals surface area (Å²) in [6.45, 7) is 0. The molecule has 0 aliphatic carbocycles. The number of fused-ring (bicyclic) bond motifs is 2. The number of carboxylic acid groups (broad SMARTS) is 2. The number of nitrogens with one attached hydrogen (secondary N) is 2. The van der Waals surface area contributed by atoms with Gasteiger partial charge in [-0.2, -0.15) is 0 Å². The Hall–Kier alpha value is -6.94. The summed E-state index contributed by atoms with van der Waals surface area (Å²) in [5.74, 6) is -3.31. The van der Waals surface area contributed by atoms with Crippen LogP contribution in [0.1, 0.15) is 52.6 Å². The second-order valence-electron chi connectivity index (χ2n) is 10.9. The van der Waals surface area contributed by atoms with E-state index in [-0.39, 0.29) is 50.9 Å². The molecule has 1 radical (unpaired) electrons. The quantitative estimate of drug-likeness (QED) is 0.161. The van der Waals surface area contributed by atoms with Gasteiger partial charge in [-0.25, -0.2) is 9.97 Å². The minimum Gasteiger partial charge on any atom is -0.545 e. The van der Waals surface area contributed by atoms with Gasteiger partial charge in [-0.3, -0.25) is 9.59 Å². The van der Waals surface area contributed by atoms with Crippen LogP contribution in [0.3, 0.4) is 0 Å². The Bertz CT molecular complexity index is 2200. The molecule has 0 fully saturated rings. The normalized spacial score (nSPS) is 9.81. The second kappa shape index (κ2) is 19.5. The van der Waals surface area contributed by atoms with Crippen molar-refractivity contribution >= 4 is 45.6 Å². The maximum atomic E-state index is 12.1. The third-order valence-electron chi connectivity index (χ3n) is 7.51. The number of rotatable bonds is 6. The number of para-hydroxylation sites is 4. The number of carboxylic acids is 2. The molecular weight excluding hydrogens is 720 g/mol. The maximum Gasteiger partial charge on any atom is 2.00 e. The van der Waals surface area contributed by atoms with Crippen LogP contribution in [0.15, 0.2) is 170 Å². The van der Waals surface area contributed by atoms with Crippen LogP contribution in [0, 0.1) is 0 Å². The van der Waals surface area contributed by atoms with Gasteiger partial charge in [0.15, 0.2) is 11.6 Å². The Morgan fingerprint density at radius 1 is 0.396 bits per heavy atom. The first-order chi connectivity index (χ1) is 25.3. The van der Waals surface area contributed by atoms with Gasteiger partial charge < -0.3 is 29.8 Å². The van der Waals surface area contributed by atoms with Crippen molar-refractivity contribution in [2.24, 2.45) is 0 Å². The van der Waals surface area contributed by atoms with Gasteiger partial charge in [0, 0.05) is 33.4 Å². The summed E-state index contributed by atoms with van der Waals surface area (Å²) >= 11 is 0. The van der Waals surface area contributed by atoms with Crippen LogP contribution in [-0.4, -0.2) is 43.4 Å². The van der Waals surface area contributed by atoms with Crippen LogP contribution < -0.4 is 10.2 Å². The van der Waals surface area contributed by atoms with E-state index in [2.05, 4.69) is 19.9 Å². The number of ketones is 2. The third kappa shape index (κ3) is 10.5. The third-order valence-corrected chi connectivity index (χ3v) is 7.51. The zero-order valence-corrected chi connectivity index (χ0v) is 28.8. The molecule has 0 saturated heterocycles. The summed E-state index contributed by atoms with van der Waals surface area (Å²) < 4.78 is 0. The SMILES string of the molecule is O=C([O-])c1ccccc1C(=O)c1ccccc1.O=C([O-])c1ccccc1C(=O)c1ccccc1.[Cu+2].c1ccc2[nH]cnc2c1.c1ccc2[nH]cnc2c1. The van der Waals surface area contributed by atoms with E-state index in [0.29, 0.717) is 11.1 Å². The fourth-order valence-electron chi connectivity index (χ4n) is 4.97. The number of aromatic amines is 2. The first-order valence-corrected chi connectivity index (χ1v) is 15.9. The summed E-state index contributed by atoms with van der Waals surface area (Å²) in [6.07, 6.45) is 3.40. The number of aromatic nitrogens is 4. The predicted octanol–water partition coefficient (Wildman–Crippen LogP) is 5.69. The largest absolute Gasteiger partial charge is 2.00 e. The molecule has 2 heterocycles. The first kappa shape index (κ1) is 38.9. The maximum absolute atomic E-state index is 12.1. The Labute approximate surface area is 314 Å². The molecule has 2 aromatic heterocycles. The van der Waals surface area contributed by atoms with E-state index < -0.39 is 11.9 Å². The van der Waals surface area contributed by atoms with E-state index in [4.69, 9.17) is 0 Å². The van der Waals surface area contributed by atoms with Gasteiger partial charge in [0.05, 0.1) is 46.7 Å². The van der Waals surface area contributed by atoms with Crippen molar-refractivity contribution in [2.75, 3.05) is 0 Å². The molecule has 0 aliphatic rings. The van der Waals surface area contributed by atoms with Crippen molar-refractivity contribution in [1.29, 1.82) is 0 Å². The Morgan fingerprint density at radius 2 is 0.698 bits per heavy atom. The van der Waals surface area contributed by atoms with Crippen molar-refractivity contribution < 1.29 is 46.5 Å². The van der Waals surface area contributed by atoms with Gasteiger partial charge in [-0.05, 0) is 24.3 Å². The topological polar surface area (TPSA) is 172 Å². The smallest absolute Gasteiger partial charge is 0.545 e. The summed E-state index contributed by atoms with van der Waals surface area (Å²) in [5.41, 5.74) is 5.30. The number of aromatic carboxylic acids is 2. The van der Waals surface area contributed by atoms with Crippen molar-refractivity contribution in [3.8, 4) is 0 Å². The van der Waals surface area contributed by atoms with Crippen molar-refractivity contribution in [1.82, 2.24) is 19.9 Å². The molecular formula is C42H30CuN4O6. The monoisotopic (exact) mass is 749 g/mol. The van der Waals surface area contributed by atoms with Gasteiger partial charge in [-0.15, -0.1) is 0 Å². The number of carbonyl (C=O) groups excluding carboxylic acids is 4. The summed E-state index contributed by atoms with van der Waals surface area (Å²) in [5, 5.41) is 21.8.